The van der Waals surface area contributed by atoms with Gasteiger partial charge in [-0.1, -0.05) is 17.7 Å². The van der Waals surface area contributed by atoms with Crippen LogP contribution in [0.2, 0.25) is 5.02 Å². The number of nitrogens with zero attached hydrogens (tertiary/aromatic N) is 2. The van der Waals surface area contributed by atoms with Crippen molar-refractivity contribution in [2.45, 2.75) is 50.7 Å². The van der Waals surface area contributed by atoms with Crippen molar-refractivity contribution in [1.29, 1.82) is 0 Å². The van der Waals surface area contributed by atoms with Crippen molar-refractivity contribution in [1.82, 2.24) is 14.8 Å². The standard InChI is InChI=1S/C21H19ClFN3O5/c22-14-4-1-10(5-15(14)23)7-24-20(29)13-8-25-9-16-26(11-2-3-12(6-11)31-16)21(30)17(25)19(28)18(13)27/h1,4-5,8,11-12,16,28H,2-3,6-7,9H2,(H,24,29)/t11?,12-,16-/m0/s1. The SMILES string of the molecule is O=C(NCc1ccc(Cl)c(F)c1)c1cn2c(c(O)c1=O)C(=O)N1C3CC[C@@H](C3)O[C@H]1C2. The molecule has 2 fully saturated rings. The lowest BCUT2D eigenvalue weighted by atomic mass is 10.1. The molecule has 1 aliphatic carbocycles. The van der Waals surface area contributed by atoms with Gasteiger partial charge >= 0.3 is 0 Å². The summed E-state index contributed by atoms with van der Waals surface area (Å²) in [5, 5.41) is 13.0. The van der Waals surface area contributed by atoms with E-state index in [2.05, 4.69) is 5.32 Å². The average molecular weight is 448 g/mol. The Kier molecular flexibility index (Phi) is 4.75. The number of pyridine rings is 1. The zero-order valence-electron chi connectivity index (χ0n) is 16.3. The van der Waals surface area contributed by atoms with Gasteiger partial charge in [-0.2, -0.15) is 0 Å². The van der Waals surface area contributed by atoms with Gasteiger partial charge in [0.05, 0.1) is 17.7 Å². The molecular weight excluding hydrogens is 429 g/mol. The highest BCUT2D eigenvalue weighted by molar-refractivity contribution is 6.30. The minimum absolute atomic E-state index is 0.0299. The van der Waals surface area contributed by atoms with Crippen molar-refractivity contribution in [3.8, 4) is 5.75 Å². The largest absolute Gasteiger partial charge is 0.503 e. The van der Waals surface area contributed by atoms with Crippen molar-refractivity contribution in [3.05, 3.63) is 62.3 Å². The quantitative estimate of drug-likeness (QED) is 0.749. The van der Waals surface area contributed by atoms with Gasteiger partial charge < -0.3 is 24.6 Å². The van der Waals surface area contributed by atoms with E-state index in [1.807, 2.05) is 0 Å². The third-order valence-corrected chi connectivity index (χ3v) is 6.44. The summed E-state index contributed by atoms with van der Waals surface area (Å²) in [6.07, 6.45) is 3.30. The van der Waals surface area contributed by atoms with Gasteiger partial charge in [0.1, 0.15) is 11.4 Å². The number of aromatic nitrogens is 1. The van der Waals surface area contributed by atoms with Crippen LogP contribution in [0.4, 0.5) is 4.39 Å². The third-order valence-electron chi connectivity index (χ3n) is 6.14. The minimum Gasteiger partial charge on any atom is -0.503 e. The molecule has 10 heteroatoms. The highest BCUT2D eigenvalue weighted by Gasteiger charge is 2.47. The van der Waals surface area contributed by atoms with Crippen LogP contribution in [0.1, 0.15) is 45.7 Å². The summed E-state index contributed by atoms with van der Waals surface area (Å²) in [7, 11) is 0. The molecule has 0 radical (unpaired) electrons. The number of carbonyl (C=O) groups is 2. The third kappa shape index (κ3) is 3.28. The Labute approximate surface area is 181 Å². The summed E-state index contributed by atoms with van der Waals surface area (Å²) in [5.74, 6) is -2.59. The predicted octanol–water partition coefficient (Wildman–Crippen LogP) is 2.01. The number of aromatic hydroxyl groups is 1. The van der Waals surface area contributed by atoms with E-state index in [9.17, 15) is 23.9 Å². The molecule has 1 saturated heterocycles. The molecule has 162 valence electrons. The molecule has 2 N–H and O–H groups in total. The first-order valence-electron chi connectivity index (χ1n) is 10.00. The van der Waals surface area contributed by atoms with E-state index in [1.165, 1.54) is 22.9 Å². The summed E-state index contributed by atoms with van der Waals surface area (Å²) < 4.78 is 21.0. The van der Waals surface area contributed by atoms with E-state index < -0.39 is 35.0 Å². The molecule has 2 aliphatic heterocycles. The molecule has 5 rings (SSSR count). The van der Waals surface area contributed by atoms with Crippen LogP contribution in [0.5, 0.6) is 5.75 Å². The fraction of sp³-hybridized carbons (Fsp3) is 0.381. The van der Waals surface area contributed by atoms with Crippen LogP contribution in [-0.4, -0.2) is 44.8 Å². The van der Waals surface area contributed by atoms with E-state index >= 15 is 0 Å². The van der Waals surface area contributed by atoms with Crippen LogP contribution in [0.3, 0.4) is 0 Å². The van der Waals surface area contributed by atoms with Gasteiger partial charge in [-0.15, -0.1) is 0 Å². The number of rotatable bonds is 3. The number of hydrogen-bond donors (Lipinski definition) is 2. The van der Waals surface area contributed by atoms with E-state index in [4.69, 9.17) is 16.3 Å². The first-order chi connectivity index (χ1) is 14.8. The summed E-state index contributed by atoms with van der Waals surface area (Å²) in [5.41, 5.74) is -0.920. The normalized spacial score (nSPS) is 24.0. The molecule has 1 aromatic carbocycles. The summed E-state index contributed by atoms with van der Waals surface area (Å²) in [6, 6.07) is 4.13. The molecular formula is C21H19ClFN3O5. The molecule has 3 heterocycles. The second-order valence-corrected chi connectivity index (χ2v) is 8.45. The molecule has 1 aromatic heterocycles. The van der Waals surface area contributed by atoms with Gasteiger partial charge in [0.25, 0.3) is 11.8 Å². The van der Waals surface area contributed by atoms with Crippen molar-refractivity contribution >= 4 is 23.4 Å². The highest BCUT2D eigenvalue weighted by Crippen LogP contribution is 2.38. The number of ether oxygens (including phenoxy) is 1. The van der Waals surface area contributed by atoms with Crippen LogP contribution >= 0.6 is 11.6 Å². The summed E-state index contributed by atoms with van der Waals surface area (Å²) in [4.78, 5) is 39.9. The van der Waals surface area contributed by atoms with Crippen molar-refractivity contribution in [2.24, 2.45) is 0 Å². The smallest absolute Gasteiger partial charge is 0.276 e. The first-order valence-corrected chi connectivity index (χ1v) is 10.4. The zero-order valence-corrected chi connectivity index (χ0v) is 17.1. The Morgan fingerprint density at radius 2 is 2.13 bits per heavy atom. The fourth-order valence-electron chi connectivity index (χ4n) is 4.64. The van der Waals surface area contributed by atoms with Gasteiger partial charge in [-0.25, -0.2) is 4.39 Å². The van der Waals surface area contributed by atoms with Crippen LogP contribution in [0.15, 0.2) is 29.2 Å². The number of hydrogen-bond acceptors (Lipinski definition) is 5. The van der Waals surface area contributed by atoms with Gasteiger partial charge in [0, 0.05) is 18.8 Å². The Bertz CT molecular complexity index is 1170. The predicted molar refractivity (Wildman–Crippen MR) is 107 cm³/mol. The zero-order chi connectivity index (χ0) is 21.9. The van der Waals surface area contributed by atoms with E-state index in [-0.39, 0.29) is 41.5 Å². The van der Waals surface area contributed by atoms with Crippen LogP contribution < -0.4 is 10.7 Å². The molecule has 3 aliphatic rings. The number of carbonyl (C=O) groups excluding carboxylic acids is 2. The fourth-order valence-corrected chi connectivity index (χ4v) is 4.76. The molecule has 3 atom stereocenters. The van der Waals surface area contributed by atoms with E-state index in [0.29, 0.717) is 5.56 Å². The minimum atomic E-state index is -0.930. The lowest BCUT2D eigenvalue weighted by Gasteiger charge is -2.44. The highest BCUT2D eigenvalue weighted by atomic mass is 35.5. The van der Waals surface area contributed by atoms with Gasteiger partial charge in [0.15, 0.2) is 17.7 Å². The molecule has 2 amide bonds. The van der Waals surface area contributed by atoms with Crippen molar-refractivity contribution < 1.29 is 23.8 Å². The molecule has 1 saturated carbocycles. The summed E-state index contributed by atoms with van der Waals surface area (Å²) >= 11 is 5.65. The Morgan fingerprint density at radius 1 is 1.32 bits per heavy atom. The Balaban J connectivity index is 1.42. The topological polar surface area (TPSA) is 101 Å². The Hall–Kier alpha value is -2.91. The maximum Gasteiger partial charge on any atom is 0.276 e. The second kappa shape index (κ2) is 7.35. The number of amides is 2. The van der Waals surface area contributed by atoms with Crippen molar-refractivity contribution in [3.63, 3.8) is 0 Å². The molecule has 1 unspecified atom stereocenters. The number of halogens is 2. The van der Waals surface area contributed by atoms with Gasteiger partial charge in [0.2, 0.25) is 5.43 Å². The van der Waals surface area contributed by atoms with Gasteiger partial charge in [-0.05, 0) is 37.0 Å². The van der Waals surface area contributed by atoms with E-state index in [0.717, 1.165) is 19.3 Å². The number of benzene rings is 1. The Morgan fingerprint density at radius 3 is 2.90 bits per heavy atom. The summed E-state index contributed by atoms with van der Waals surface area (Å²) in [6.45, 7) is 0.168. The van der Waals surface area contributed by atoms with Crippen LogP contribution in [-0.2, 0) is 17.8 Å². The van der Waals surface area contributed by atoms with Crippen LogP contribution in [0, 0.1) is 5.82 Å². The number of fused-ring (bicyclic) bond motifs is 5. The first kappa shape index (κ1) is 20.0. The molecule has 8 nitrogen and oxygen atoms in total. The number of nitrogens with one attached hydrogen (secondary N) is 1. The maximum absolute atomic E-state index is 13.6. The molecule has 2 bridgehead atoms. The van der Waals surface area contributed by atoms with E-state index in [1.54, 1.807) is 11.0 Å². The maximum atomic E-state index is 13.6. The molecule has 31 heavy (non-hydrogen) atoms. The molecule has 2 aromatic rings. The average Bonchev–Trinajstić information content (AvgIpc) is 3.11. The molecule has 0 spiro atoms. The lowest BCUT2D eigenvalue weighted by molar-refractivity contribution is -0.132. The van der Waals surface area contributed by atoms with Crippen LogP contribution in [0.25, 0.3) is 0 Å². The van der Waals surface area contributed by atoms with Crippen molar-refractivity contribution in [2.75, 3.05) is 0 Å². The monoisotopic (exact) mass is 447 g/mol. The van der Waals surface area contributed by atoms with Gasteiger partial charge in [-0.3, -0.25) is 14.4 Å². The second-order valence-electron chi connectivity index (χ2n) is 8.04. The lowest BCUT2D eigenvalue weighted by Crippen LogP contribution is -2.57.